The highest BCUT2D eigenvalue weighted by Crippen LogP contribution is 2.19. The van der Waals surface area contributed by atoms with E-state index < -0.39 is 5.97 Å². The van der Waals surface area contributed by atoms with Crippen LogP contribution < -0.4 is 0 Å². The van der Waals surface area contributed by atoms with E-state index in [-0.39, 0.29) is 22.1 Å². The minimum Gasteiger partial charge on any atom is -0.465 e. The topological polar surface area (TPSA) is 43.4 Å². The molecule has 0 spiro atoms. The van der Waals surface area contributed by atoms with E-state index in [0.717, 1.165) is 0 Å². The largest absolute Gasteiger partial charge is 0.465 e. The third-order valence-electron chi connectivity index (χ3n) is 1.40. The van der Waals surface area contributed by atoms with E-state index in [1.54, 1.807) is 6.08 Å². The molecule has 0 aromatic rings. The molecule has 0 saturated carbocycles. The maximum atomic E-state index is 11.4. The third kappa shape index (κ3) is 4.56. The Morgan fingerprint density at radius 3 is 2.14 bits per heavy atom. The average Bonchev–Trinajstić information content (AvgIpc) is 2.10. The van der Waals surface area contributed by atoms with Crippen molar-refractivity contribution in [1.82, 2.24) is 0 Å². The van der Waals surface area contributed by atoms with Crippen LogP contribution in [0.2, 0.25) is 0 Å². The van der Waals surface area contributed by atoms with Crippen molar-refractivity contribution >= 4 is 27.7 Å². The Hall–Kier alpha value is -0.640. The number of methoxy groups -OCH3 is 1. The van der Waals surface area contributed by atoms with Gasteiger partial charge in [-0.1, -0.05) is 42.8 Å². The Balaban J connectivity index is 5.01. The number of hydrogen-bond acceptors (Lipinski definition) is 3. The number of carbonyl (C=O) groups excluding carboxylic acids is 2. The van der Waals surface area contributed by atoms with Crippen LogP contribution in [-0.4, -0.2) is 24.2 Å². The summed E-state index contributed by atoms with van der Waals surface area (Å²) in [6.45, 7) is 5.74. The molecule has 0 fully saturated rings. The normalized spacial score (nSPS) is 12.5. The van der Waals surface area contributed by atoms with Gasteiger partial charge in [0, 0.05) is 0 Å². The van der Waals surface area contributed by atoms with Crippen molar-refractivity contribution in [2.75, 3.05) is 12.4 Å². The molecule has 0 radical (unpaired) electrons. The lowest BCUT2D eigenvalue weighted by Crippen LogP contribution is -2.18. The molecule has 14 heavy (non-hydrogen) atoms. The molecule has 3 nitrogen and oxygen atoms in total. The van der Waals surface area contributed by atoms with Crippen molar-refractivity contribution in [1.29, 1.82) is 0 Å². The molecule has 0 rings (SSSR count). The van der Waals surface area contributed by atoms with Gasteiger partial charge in [-0.15, -0.1) is 0 Å². The Labute approximate surface area is 92.6 Å². The number of carbonyl (C=O) groups is 2. The van der Waals surface area contributed by atoms with E-state index in [9.17, 15) is 9.59 Å². The highest BCUT2D eigenvalue weighted by Gasteiger charge is 2.20. The molecule has 0 aliphatic carbocycles. The van der Waals surface area contributed by atoms with Gasteiger partial charge in [0.05, 0.1) is 12.4 Å². The number of ether oxygens (including phenoxy) is 1. The maximum absolute atomic E-state index is 11.4. The number of hydrogen-bond donors (Lipinski definition) is 0. The van der Waals surface area contributed by atoms with E-state index in [1.165, 1.54) is 7.11 Å². The predicted molar refractivity (Wildman–Crippen MR) is 58.4 cm³/mol. The molecule has 0 bridgehead atoms. The number of esters is 1. The van der Waals surface area contributed by atoms with Gasteiger partial charge in [0.2, 0.25) is 0 Å². The Morgan fingerprint density at radius 1 is 1.36 bits per heavy atom. The van der Waals surface area contributed by atoms with Gasteiger partial charge in [0.15, 0.2) is 5.78 Å². The molecule has 0 atom stereocenters. The zero-order valence-electron chi connectivity index (χ0n) is 8.89. The smallest absolute Gasteiger partial charge is 0.341 e. The van der Waals surface area contributed by atoms with Gasteiger partial charge in [-0.05, 0) is 5.41 Å². The fourth-order valence-electron chi connectivity index (χ4n) is 0.868. The van der Waals surface area contributed by atoms with Crippen LogP contribution in [-0.2, 0) is 14.3 Å². The molecular formula is C10H15BrO3. The molecule has 0 N–H and O–H groups in total. The average molecular weight is 263 g/mol. The lowest BCUT2D eigenvalue weighted by Gasteiger charge is -2.14. The van der Waals surface area contributed by atoms with Crippen molar-refractivity contribution in [3.63, 3.8) is 0 Å². The molecule has 0 heterocycles. The van der Waals surface area contributed by atoms with E-state index >= 15 is 0 Å². The van der Waals surface area contributed by atoms with Gasteiger partial charge in [-0.2, -0.15) is 0 Å². The quantitative estimate of drug-likeness (QED) is 0.257. The molecule has 0 aromatic heterocycles. The maximum Gasteiger partial charge on any atom is 0.341 e. The predicted octanol–water partition coefficient (Wildman–Crippen LogP) is 2.10. The second-order valence-electron chi connectivity index (χ2n) is 3.97. The van der Waals surface area contributed by atoms with Crippen molar-refractivity contribution < 1.29 is 14.3 Å². The van der Waals surface area contributed by atoms with Gasteiger partial charge in [-0.25, -0.2) is 4.79 Å². The molecule has 80 valence electrons. The van der Waals surface area contributed by atoms with Gasteiger partial charge in [0.25, 0.3) is 0 Å². The number of rotatable bonds is 3. The molecule has 0 saturated heterocycles. The van der Waals surface area contributed by atoms with Crippen LogP contribution in [0.3, 0.4) is 0 Å². The number of Topliss-reactive ketones (excluding diaryl/α,β-unsaturated/α-hetero) is 1. The minimum atomic E-state index is -0.579. The van der Waals surface area contributed by atoms with Crippen molar-refractivity contribution in [2.24, 2.45) is 5.41 Å². The summed E-state index contributed by atoms with van der Waals surface area (Å²) in [4.78, 5) is 22.6. The zero-order valence-corrected chi connectivity index (χ0v) is 10.5. The molecule has 0 unspecified atom stereocenters. The van der Waals surface area contributed by atoms with E-state index in [1.807, 2.05) is 20.8 Å². The summed E-state index contributed by atoms with van der Waals surface area (Å²) in [5, 5.41) is 0.129. The monoisotopic (exact) mass is 262 g/mol. The molecule has 0 aliphatic heterocycles. The van der Waals surface area contributed by atoms with Gasteiger partial charge in [0.1, 0.15) is 5.57 Å². The first-order chi connectivity index (χ1) is 6.31. The summed E-state index contributed by atoms with van der Waals surface area (Å²) in [6, 6.07) is 0. The SMILES string of the molecule is COC(=O)/C(=C\C(C)(C)C)C(=O)CBr. The number of allylic oxidation sites excluding steroid dienone is 1. The van der Waals surface area contributed by atoms with Gasteiger partial charge >= 0.3 is 5.97 Å². The van der Waals surface area contributed by atoms with Crippen LogP contribution >= 0.6 is 15.9 Å². The Kier molecular flexibility index (Phi) is 5.05. The Bertz CT molecular complexity index is 243. The summed E-state index contributed by atoms with van der Waals surface area (Å²) in [5.41, 5.74) is -0.113. The standard InChI is InChI=1S/C10H15BrO3/c1-10(2,3)5-7(8(12)6-11)9(13)14-4/h5H,6H2,1-4H3/b7-5-. The highest BCUT2D eigenvalue weighted by atomic mass is 79.9. The number of halogens is 1. The van der Waals surface area contributed by atoms with Crippen molar-refractivity contribution in [3.05, 3.63) is 11.6 Å². The lowest BCUT2D eigenvalue weighted by molar-refractivity contribution is -0.137. The first-order valence-electron chi connectivity index (χ1n) is 4.22. The van der Waals surface area contributed by atoms with E-state index in [4.69, 9.17) is 0 Å². The summed E-state index contributed by atoms with van der Waals surface area (Å²) in [6.07, 6.45) is 1.63. The first-order valence-corrected chi connectivity index (χ1v) is 5.34. The van der Waals surface area contributed by atoms with Gasteiger partial charge < -0.3 is 4.74 Å². The third-order valence-corrected chi connectivity index (χ3v) is 1.91. The fourth-order valence-corrected chi connectivity index (χ4v) is 1.17. The number of ketones is 1. The van der Waals surface area contributed by atoms with Crippen LogP contribution in [0, 0.1) is 5.41 Å². The molecule has 0 aromatic carbocycles. The summed E-state index contributed by atoms with van der Waals surface area (Å²) in [5.74, 6) is -0.837. The first kappa shape index (κ1) is 13.4. The number of alkyl halides is 1. The summed E-state index contributed by atoms with van der Waals surface area (Å²) >= 11 is 3.02. The highest BCUT2D eigenvalue weighted by molar-refractivity contribution is 9.09. The molecular weight excluding hydrogens is 248 g/mol. The fraction of sp³-hybridized carbons (Fsp3) is 0.600. The van der Waals surface area contributed by atoms with Crippen molar-refractivity contribution in [3.8, 4) is 0 Å². The lowest BCUT2D eigenvalue weighted by atomic mass is 9.92. The van der Waals surface area contributed by atoms with E-state index in [2.05, 4.69) is 20.7 Å². The van der Waals surface area contributed by atoms with Gasteiger partial charge in [-0.3, -0.25) is 4.79 Å². The molecule has 4 heteroatoms. The second-order valence-corrected chi connectivity index (χ2v) is 4.53. The second kappa shape index (κ2) is 5.29. The summed E-state index contributed by atoms with van der Waals surface area (Å²) < 4.78 is 4.53. The Morgan fingerprint density at radius 2 is 1.86 bits per heavy atom. The van der Waals surface area contributed by atoms with E-state index in [0.29, 0.717) is 0 Å². The molecule has 0 aliphatic rings. The zero-order chi connectivity index (χ0) is 11.4. The van der Waals surface area contributed by atoms with Crippen LogP contribution in [0.1, 0.15) is 20.8 Å². The van der Waals surface area contributed by atoms with Crippen LogP contribution in [0.4, 0.5) is 0 Å². The minimum absolute atomic E-state index is 0.108. The summed E-state index contributed by atoms with van der Waals surface area (Å²) in [7, 11) is 1.26. The van der Waals surface area contributed by atoms with Crippen LogP contribution in [0.25, 0.3) is 0 Å². The van der Waals surface area contributed by atoms with Crippen LogP contribution in [0.5, 0.6) is 0 Å². The van der Waals surface area contributed by atoms with Crippen LogP contribution in [0.15, 0.2) is 11.6 Å². The molecule has 0 amide bonds. The van der Waals surface area contributed by atoms with Crippen molar-refractivity contribution in [2.45, 2.75) is 20.8 Å².